The zero-order valence-corrected chi connectivity index (χ0v) is 14.5. The maximum absolute atomic E-state index is 14.0. The summed E-state index contributed by atoms with van der Waals surface area (Å²) in [5, 5.41) is 9.49. The number of halogens is 2. The normalized spacial score (nSPS) is 17.2. The molecule has 1 aliphatic heterocycles. The van der Waals surface area contributed by atoms with Gasteiger partial charge in [-0.25, -0.2) is 13.6 Å². The van der Waals surface area contributed by atoms with Gasteiger partial charge in [-0.15, -0.1) is 0 Å². The van der Waals surface area contributed by atoms with Crippen molar-refractivity contribution in [3.05, 3.63) is 35.4 Å². The van der Waals surface area contributed by atoms with E-state index in [0.717, 1.165) is 12.1 Å². The number of hydrogen-bond acceptors (Lipinski definition) is 4. The van der Waals surface area contributed by atoms with Gasteiger partial charge in [0.25, 0.3) is 0 Å². The monoisotopic (exact) mass is 356 g/mol. The molecule has 2 rings (SSSR count). The molecule has 1 saturated heterocycles. The van der Waals surface area contributed by atoms with Crippen molar-refractivity contribution in [3.63, 3.8) is 0 Å². The molecule has 0 bridgehead atoms. The molecule has 0 unspecified atom stereocenters. The number of piperazine rings is 1. The van der Waals surface area contributed by atoms with Crippen molar-refractivity contribution in [3.8, 4) is 0 Å². The van der Waals surface area contributed by atoms with E-state index in [1.165, 1.54) is 4.90 Å². The average Bonchev–Trinajstić information content (AvgIpc) is 2.48. The molecule has 1 aromatic carbocycles. The van der Waals surface area contributed by atoms with Crippen molar-refractivity contribution in [2.75, 3.05) is 26.2 Å². The molecule has 0 aromatic heterocycles. The van der Waals surface area contributed by atoms with E-state index in [2.05, 4.69) is 0 Å². The Labute approximate surface area is 145 Å². The summed E-state index contributed by atoms with van der Waals surface area (Å²) in [4.78, 5) is 26.7. The van der Waals surface area contributed by atoms with Gasteiger partial charge in [0.2, 0.25) is 0 Å². The summed E-state index contributed by atoms with van der Waals surface area (Å²) in [5.74, 6) is -2.89. The molecule has 1 heterocycles. The predicted octanol–water partition coefficient (Wildman–Crippen LogP) is 2.64. The molecule has 0 spiro atoms. The first kappa shape index (κ1) is 19.1. The molecular formula is C17H22F2N2O4. The zero-order chi connectivity index (χ0) is 18.8. The van der Waals surface area contributed by atoms with Gasteiger partial charge >= 0.3 is 12.1 Å². The van der Waals surface area contributed by atoms with Crippen molar-refractivity contribution < 1.29 is 28.2 Å². The van der Waals surface area contributed by atoms with E-state index in [-0.39, 0.29) is 31.7 Å². The second-order valence-electron chi connectivity index (χ2n) is 6.91. The highest BCUT2D eigenvalue weighted by atomic mass is 19.1. The number of carbonyl (C=O) groups is 2. The lowest BCUT2D eigenvalue weighted by atomic mass is 10.0. The number of carbonyl (C=O) groups excluding carboxylic acids is 1. The van der Waals surface area contributed by atoms with Crippen LogP contribution in [0.1, 0.15) is 32.4 Å². The Kier molecular flexibility index (Phi) is 5.62. The molecule has 138 valence electrons. The van der Waals surface area contributed by atoms with Crippen LogP contribution in [0.15, 0.2) is 18.2 Å². The molecule has 25 heavy (non-hydrogen) atoms. The molecule has 8 heteroatoms. The molecule has 1 aromatic rings. The lowest BCUT2D eigenvalue weighted by molar-refractivity contribution is -0.144. The maximum atomic E-state index is 14.0. The van der Waals surface area contributed by atoms with Crippen molar-refractivity contribution in [2.24, 2.45) is 0 Å². The molecule has 1 N–H and O–H groups in total. The molecule has 0 radical (unpaired) electrons. The minimum atomic E-state index is -1.23. The van der Waals surface area contributed by atoms with Crippen LogP contribution in [-0.4, -0.2) is 58.7 Å². The second kappa shape index (κ2) is 7.35. The number of hydrogen-bond donors (Lipinski definition) is 1. The van der Waals surface area contributed by atoms with Gasteiger partial charge in [-0.05, 0) is 26.8 Å². The van der Waals surface area contributed by atoms with Crippen molar-refractivity contribution in [2.45, 2.75) is 32.4 Å². The first-order chi connectivity index (χ1) is 11.6. The third kappa shape index (κ3) is 4.88. The topological polar surface area (TPSA) is 70.1 Å². The van der Waals surface area contributed by atoms with Gasteiger partial charge in [-0.1, -0.05) is 6.07 Å². The van der Waals surface area contributed by atoms with Gasteiger partial charge in [0, 0.05) is 37.8 Å². The predicted molar refractivity (Wildman–Crippen MR) is 86.1 cm³/mol. The summed E-state index contributed by atoms with van der Waals surface area (Å²) in [7, 11) is 0. The van der Waals surface area contributed by atoms with Crippen LogP contribution in [0.25, 0.3) is 0 Å². The summed E-state index contributed by atoms with van der Waals surface area (Å²) in [6.45, 7) is 6.31. The van der Waals surface area contributed by atoms with Gasteiger partial charge < -0.3 is 14.7 Å². The smallest absolute Gasteiger partial charge is 0.410 e. The van der Waals surface area contributed by atoms with Crippen molar-refractivity contribution in [1.29, 1.82) is 0 Å². The number of carboxylic acid groups (broad SMARTS) is 1. The van der Waals surface area contributed by atoms with Gasteiger partial charge in [0.05, 0.1) is 0 Å². The fraction of sp³-hybridized carbons (Fsp3) is 0.529. The minimum Gasteiger partial charge on any atom is -0.480 e. The Morgan fingerprint density at radius 2 is 1.76 bits per heavy atom. The van der Waals surface area contributed by atoms with Crippen molar-refractivity contribution in [1.82, 2.24) is 9.80 Å². The standard InChI is InChI=1S/C17H22F2N2O4/c1-17(2,3)25-16(24)21-8-6-20(7-9-21)14(15(22)23)12-5-4-11(18)10-13(12)19/h4-5,10,14H,6-9H2,1-3H3,(H,22,23)/t14-/m1/s1. The number of carboxylic acids is 1. The molecular weight excluding hydrogens is 334 g/mol. The van der Waals surface area contributed by atoms with Gasteiger partial charge in [-0.3, -0.25) is 9.69 Å². The summed E-state index contributed by atoms with van der Waals surface area (Å²) >= 11 is 0. The van der Waals surface area contributed by atoms with E-state index in [9.17, 15) is 23.5 Å². The summed E-state index contributed by atoms with van der Waals surface area (Å²) in [5.41, 5.74) is -0.714. The van der Waals surface area contributed by atoms with E-state index in [4.69, 9.17) is 4.74 Å². The van der Waals surface area contributed by atoms with Crippen LogP contribution in [-0.2, 0) is 9.53 Å². The summed E-state index contributed by atoms with van der Waals surface area (Å²) in [6, 6.07) is 1.61. The third-order valence-electron chi connectivity index (χ3n) is 3.82. The lowest BCUT2D eigenvalue weighted by Crippen LogP contribution is -2.52. The number of ether oxygens (including phenoxy) is 1. The average molecular weight is 356 g/mol. The summed E-state index contributed by atoms with van der Waals surface area (Å²) < 4.78 is 32.4. The number of benzene rings is 1. The molecule has 1 fully saturated rings. The van der Waals surface area contributed by atoms with Crippen LogP contribution in [0.2, 0.25) is 0 Å². The highest BCUT2D eigenvalue weighted by Crippen LogP contribution is 2.26. The fourth-order valence-electron chi connectivity index (χ4n) is 2.70. The van der Waals surface area contributed by atoms with E-state index in [0.29, 0.717) is 6.07 Å². The van der Waals surface area contributed by atoms with Crippen LogP contribution in [0.3, 0.4) is 0 Å². The van der Waals surface area contributed by atoms with E-state index in [1.54, 1.807) is 25.7 Å². The number of amides is 1. The van der Waals surface area contributed by atoms with E-state index >= 15 is 0 Å². The molecule has 1 amide bonds. The first-order valence-corrected chi connectivity index (χ1v) is 7.98. The minimum absolute atomic E-state index is 0.0976. The third-order valence-corrected chi connectivity index (χ3v) is 3.82. The van der Waals surface area contributed by atoms with Crippen LogP contribution < -0.4 is 0 Å². The number of nitrogens with zero attached hydrogens (tertiary/aromatic N) is 2. The molecule has 0 aliphatic carbocycles. The van der Waals surface area contributed by atoms with E-state index in [1.807, 2.05) is 0 Å². The Hall–Kier alpha value is -2.22. The first-order valence-electron chi connectivity index (χ1n) is 7.98. The van der Waals surface area contributed by atoms with Gasteiger partial charge in [0.15, 0.2) is 0 Å². The summed E-state index contributed by atoms with van der Waals surface area (Å²) in [6.07, 6.45) is -0.466. The molecule has 6 nitrogen and oxygen atoms in total. The second-order valence-corrected chi connectivity index (χ2v) is 6.91. The highest BCUT2D eigenvalue weighted by Gasteiger charge is 2.34. The molecule has 1 atom stereocenters. The maximum Gasteiger partial charge on any atom is 0.410 e. The van der Waals surface area contributed by atoms with Crippen LogP contribution in [0.4, 0.5) is 13.6 Å². The van der Waals surface area contributed by atoms with Crippen LogP contribution in [0.5, 0.6) is 0 Å². The quantitative estimate of drug-likeness (QED) is 0.902. The Bertz CT molecular complexity index is 653. The number of rotatable bonds is 3. The zero-order valence-electron chi connectivity index (χ0n) is 14.5. The molecule has 1 aliphatic rings. The Balaban J connectivity index is 2.08. The Morgan fingerprint density at radius 1 is 1.16 bits per heavy atom. The highest BCUT2D eigenvalue weighted by molar-refractivity contribution is 5.76. The van der Waals surface area contributed by atoms with Gasteiger partial charge in [-0.2, -0.15) is 0 Å². The largest absolute Gasteiger partial charge is 0.480 e. The van der Waals surface area contributed by atoms with Gasteiger partial charge in [0.1, 0.15) is 23.3 Å². The van der Waals surface area contributed by atoms with Crippen molar-refractivity contribution >= 4 is 12.1 Å². The molecule has 0 saturated carbocycles. The fourth-order valence-corrected chi connectivity index (χ4v) is 2.70. The van der Waals surface area contributed by atoms with Crippen LogP contribution >= 0.6 is 0 Å². The Morgan fingerprint density at radius 3 is 2.24 bits per heavy atom. The van der Waals surface area contributed by atoms with E-state index < -0.39 is 35.3 Å². The SMILES string of the molecule is CC(C)(C)OC(=O)N1CCN([C@@H](C(=O)O)c2ccc(F)cc2F)CC1. The lowest BCUT2D eigenvalue weighted by Gasteiger charge is -2.38. The number of aliphatic carboxylic acids is 1. The van der Waals surface area contributed by atoms with Crippen LogP contribution in [0, 0.1) is 11.6 Å².